The zero-order chi connectivity index (χ0) is 21.8. The first-order chi connectivity index (χ1) is 15.8. The molecule has 1 aliphatic rings. The van der Waals surface area contributed by atoms with Crippen molar-refractivity contribution in [1.29, 1.82) is 0 Å². The number of nitrogens with zero attached hydrogens (tertiary/aromatic N) is 3. The van der Waals surface area contributed by atoms with Gasteiger partial charge < -0.3 is 10.1 Å². The van der Waals surface area contributed by atoms with Gasteiger partial charge >= 0.3 is 0 Å². The van der Waals surface area contributed by atoms with Crippen LogP contribution in [-0.2, 0) is 11.3 Å². The van der Waals surface area contributed by atoms with Crippen molar-refractivity contribution in [2.45, 2.75) is 38.0 Å². The topological polar surface area (TPSA) is 69.0 Å². The van der Waals surface area contributed by atoms with E-state index in [4.69, 9.17) is 9.72 Å². The predicted molar refractivity (Wildman–Crippen MR) is 125 cm³/mol. The highest BCUT2D eigenvalue weighted by Crippen LogP contribution is 2.31. The molecule has 0 spiro atoms. The van der Waals surface area contributed by atoms with Gasteiger partial charge in [0.15, 0.2) is 0 Å². The second-order valence-corrected chi connectivity index (χ2v) is 8.81. The third kappa shape index (κ3) is 4.49. The van der Waals surface area contributed by atoms with E-state index >= 15 is 0 Å². The van der Waals surface area contributed by atoms with Crippen molar-refractivity contribution in [2.24, 2.45) is 0 Å². The number of hydrogen-bond acceptors (Lipinski definition) is 5. The normalized spacial score (nSPS) is 18.0. The average molecular weight is 445 g/mol. The van der Waals surface area contributed by atoms with Gasteiger partial charge in [-0.15, -0.1) is 0 Å². The maximum Gasteiger partial charge on any atom is 0.264 e. The van der Waals surface area contributed by atoms with Gasteiger partial charge in [-0.05, 0) is 30.9 Å². The van der Waals surface area contributed by atoms with E-state index in [2.05, 4.69) is 22.5 Å². The van der Waals surface area contributed by atoms with Gasteiger partial charge in [-0.1, -0.05) is 72.0 Å². The van der Waals surface area contributed by atoms with Crippen LogP contribution in [0.15, 0.2) is 79.1 Å². The molecule has 4 aromatic rings. The minimum Gasteiger partial charge on any atom is -0.371 e. The molecule has 6 nitrogen and oxygen atoms in total. The highest BCUT2D eigenvalue weighted by atomic mass is 32.1. The first kappa shape index (κ1) is 20.6. The lowest BCUT2D eigenvalue weighted by molar-refractivity contribution is 0.0272. The maximum absolute atomic E-state index is 13.4. The number of carbonyl (C=O) groups excluding carboxylic acids is 1. The summed E-state index contributed by atoms with van der Waals surface area (Å²) in [5.74, 6) is -0.111. The van der Waals surface area contributed by atoms with Crippen LogP contribution < -0.4 is 5.32 Å². The number of benzene rings is 2. The number of amides is 1. The summed E-state index contributed by atoms with van der Waals surface area (Å²) in [5.41, 5.74) is 2.73. The maximum atomic E-state index is 13.4. The molecule has 1 aliphatic carbocycles. The molecule has 0 saturated heterocycles. The summed E-state index contributed by atoms with van der Waals surface area (Å²) in [4.78, 5) is 18.7. The molecule has 0 bridgehead atoms. The van der Waals surface area contributed by atoms with E-state index in [0.29, 0.717) is 22.3 Å². The van der Waals surface area contributed by atoms with Crippen LogP contribution >= 0.6 is 11.3 Å². The molecular formula is C25H24N4O2S. The fourth-order valence-corrected chi connectivity index (χ4v) is 4.97. The summed E-state index contributed by atoms with van der Waals surface area (Å²) in [6.45, 7) is 0.553. The summed E-state index contributed by atoms with van der Waals surface area (Å²) in [6.07, 6.45) is 6.45. The molecule has 1 amide bonds. The van der Waals surface area contributed by atoms with Gasteiger partial charge in [-0.25, -0.2) is 9.67 Å². The molecule has 1 fully saturated rings. The Morgan fingerprint density at radius 2 is 1.84 bits per heavy atom. The summed E-state index contributed by atoms with van der Waals surface area (Å²) >= 11 is 1.35. The average Bonchev–Trinajstić information content (AvgIpc) is 3.59. The van der Waals surface area contributed by atoms with E-state index in [1.807, 2.05) is 60.8 Å². The van der Waals surface area contributed by atoms with Gasteiger partial charge in [0.05, 0.1) is 24.4 Å². The summed E-state index contributed by atoms with van der Waals surface area (Å²) in [7, 11) is 0. The Bertz CT molecular complexity index is 1160. The Labute approximate surface area is 190 Å². The number of carbonyl (C=O) groups is 1. The zero-order valence-corrected chi connectivity index (χ0v) is 18.4. The SMILES string of the molecule is O=C(N[C@H]1CCC[C@@H]1OCc1ccccc1)c1sc(-n2cccn2)nc1-c1ccccc1. The van der Waals surface area contributed by atoms with Crippen molar-refractivity contribution in [1.82, 2.24) is 20.1 Å². The predicted octanol–water partition coefficient (Wildman–Crippen LogP) is 4.86. The van der Waals surface area contributed by atoms with E-state index < -0.39 is 0 Å². The van der Waals surface area contributed by atoms with Crippen LogP contribution in [0.2, 0.25) is 0 Å². The van der Waals surface area contributed by atoms with E-state index in [1.54, 1.807) is 10.9 Å². The van der Waals surface area contributed by atoms with Crippen LogP contribution in [0.25, 0.3) is 16.4 Å². The van der Waals surface area contributed by atoms with E-state index in [1.165, 1.54) is 11.3 Å². The molecule has 2 heterocycles. The smallest absolute Gasteiger partial charge is 0.264 e. The third-order valence-electron chi connectivity index (χ3n) is 5.65. The summed E-state index contributed by atoms with van der Waals surface area (Å²) < 4.78 is 7.87. The van der Waals surface area contributed by atoms with E-state index in [9.17, 15) is 4.79 Å². The van der Waals surface area contributed by atoms with E-state index in [-0.39, 0.29) is 18.1 Å². The molecule has 2 aromatic carbocycles. The highest BCUT2D eigenvalue weighted by Gasteiger charge is 2.31. The van der Waals surface area contributed by atoms with Crippen molar-refractivity contribution in [3.8, 4) is 16.4 Å². The molecule has 0 radical (unpaired) electrons. The molecule has 2 atom stereocenters. The van der Waals surface area contributed by atoms with Crippen LogP contribution in [0.1, 0.15) is 34.5 Å². The standard InChI is InChI=1S/C25H24N4O2S/c30-24(27-20-13-7-14-21(20)31-17-18-9-3-1-4-10-18)23-22(19-11-5-2-6-12-19)28-25(32-23)29-16-8-15-26-29/h1-6,8-12,15-16,20-21H,7,13-14,17H2,(H,27,30)/t20-,21-/m0/s1. The first-order valence-electron chi connectivity index (χ1n) is 10.8. The van der Waals surface area contributed by atoms with Gasteiger partial charge in [0.1, 0.15) is 4.88 Å². The summed E-state index contributed by atoms with van der Waals surface area (Å²) in [5, 5.41) is 8.17. The van der Waals surface area contributed by atoms with Crippen molar-refractivity contribution in [3.63, 3.8) is 0 Å². The van der Waals surface area contributed by atoms with Crippen LogP contribution in [0, 0.1) is 0 Å². The fourth-order valence-electron chi connectivity index (χ4n) is 4.04. The van der Waals surface area contributed by atoms with Gasteiger partial charge in [0.2, 0.25) is 5.13 Å². The lowest BCUT2D eigenvalue weighted by atomic mass is 10.1. The van der Waals surface area contributed by atoms with Crippen molar-refractivity contribution in [3.05, 3.63) is 89.6 Å². The number of thiazole rings is 1. The third-order valence-corrected chi connectivity index (χ3v) is 6.69. The largest absolute Gasteiger partial charge is 0.371 e. The van der Waals surface area contributed by atoms with Crippen LogP contribution in [0.4, 0.5) is 0 Å². The quantitative estimate of drug-likeness (QED) is 0.442. The number of rotatable bonds is 7. The van der Waals surface area contributed by atoms with E-state index in [0.717, 1.165) is 30.4 Å². The fraction of sp³-hybridized carbons (Fsp3) is 0.240. The Hall–Kier alpha value is -3.29. The van der Waals surface area contributed by atoms with Gasteiger partial charge in [0.25, 0.3) is 5.91 Å². The highest BCUT2D eigenvalue weighted by molar-refractivity contribution is 7.16. The van der Waals surface area contributed by atoms with Gasteiger partial charge in [0, 0.05) is 18.0 Å². The molecule has 2 aromatic heterocycles. The molecule has 5 rings (SSSR count). The molecule has 1 saturated carbocycles. The Kier molecular flexibility index (Phi) is 6.09. The lowest BCUT2D eigenvalue weighted by Crippen LogP contribution is -2.41. The monoisotopic (exact) mass is 444 g/mol. The van der Waals surface area contributed by atoms with Crippen LogP contribution in [-0.4, -0.2) is 32.8 Å². The van der Waals surface area contributed by atoms with Crippen LogP contribution in [0.3, 0.4) is 0 Å². The van der Waals surface area contributed by atoms with Crippen molar-refractivity contribution in [2.75, 3.05) is 0 Å². The molecule has 162 valence electrons. The Morgan fingerprint density at radius 1 is 1.06 bits per heavy atom. The first-order valence-corrected chi connectivity index (χ1v) is 11.6. The minimum absolute atomic E-state index is 0.00918. The van der Waals surface area contributed by atoms with Crippen molar-refractivity contribution >= 4 is 17.2 Å². The number of aromatic nitrogens is 3. The molecule has 0 aliphatic heterocycles. The second kappa shape index (κ2) is 9.46. The molecule has 7 heteroatoms. The van der Waals surface area contributed by atoms with Crippen molar-refractivity contribution < 1.29 is 9.53 Å². The number of nitrogens with one attached hydrogen (secondary N) is 1. The Morgan fingerprint density at radius 3 is 2.59 bits per heavy atom. The zero-order valence-electron chi connectivity index (χ0n) is 17.6. The number of ether oxygens (including phenoxy) is 1. The van der Waals surface area contributed by atoms with Crippen LogP contribution in [0.5, 0.6) is 0 Å². The molecule has 0 unspecified atom stereocenters. The van der Waals surface area contributed by atoms with Gasteiger partial charge in [-0.2, -0.15) is 5.10 Å². The summed E-state index contributed by atoms with van der Waals surface area (Å²) in [6, 6.07) is 21.8. The number of hydrogen-bond donors (Lipinski definition) is 1. The lowest BCUT2D eigenvalue weighted by Gasteiger charge is -2.21. The second-order valence-electron chi connectivity index (χ2n) is 7.84. The molecular weight excluding hydrogens is 420 g/mol. The molecule has 1 N–H and O–H groups in total. The van der Waals surface area contributed by atoms with Gasteiger partial charge in [-0.3, -0.25) is 4.79 Å². The molecule has 32 heavy (non-hydrogen) atoms. The Balaban J connectivity index is 1.35. The minimum atomic E-state index is -0.111.